The van der Waals surface area contributed by atoms with Crippen molar-refractivity contribution in [2.75, 3.05) is 10.8 Å². The SMILES string of the molecule is O=C(NC1CCCC1)[C@@H](Cc1ccccc1)N(Cc1ccc(Cl)c(Cl)c1)C(=O)CN(c1ccccc1)S(=O)(=O)c1ccc(F)cc1. The smallest absolute Gasteiger partial charge is 0.264 e. The van der Waals surface area contributed by atoms with Crippen LogP contribution in [0.3, 0.4) is 0 Å². The summed E-state index contributed by atoms with van der Waals surface area (Å²) in [6.45, 7) is -0.655. The van der Waals surface area contributed by atoms with Crippen LogP contribution in [0.25, 0.3) is 0 Å². The van der Waals surface area contributed by atoms with Gasteiger partial charge in [0.1, 0.15) is 18.4 Å². The van der Waals surface area contributed by atoms with Gasteiger partial charge in [-0.05, 0) is 72.5 Å². The molecule has 4 aromatic rings. The van der Waals surface area contributed by atoms with Gasteiger partial charge in [0.25, 0.3) is 10.0 Å². The molecule has 0 unspecified atom stereocenters. The Morgan fingerprint density at radius 1 is 0.826 bits per heavy atom. The first kappa shape index (κ1) is 33.4. The first-order valence-electron chi connectivity index (χ1n) is 15.0. The number of anilines is 1. The molecule has 0 radical (unpaired) electrons. The van der Waals surface area contributed by atoms with E-state index in [-0.39, 0.29) is 40.5 Å². The number of sulfonamides is 1. The van der Waals surface area contributed by atoms with Crippen LogP contribution in [-0.4, -0.2) is 43.8 Å². The molecule has 46 heavy (non-hydrogen) atoms. The summed E-state index contributed by atoms with van der Waals surface area (Å²) >= 11 is 12.5. The van der Waals surface area contributed by atoms with Gasteiger partial charge in [0.15, 0.2) is 0 Å². The largest absolute Gasteiger partial charge is 0.352 e. The molecule has 0 aliphatic heterocycles. The predicted octanol–water partition coefficient (Wildman–Crippen LogP) is 7.03. The molecular weight excluding hydrogens is 648 g/mol. The van der Waals surface area contributed by atoms with Gasteiger partial charge in [0.05, 0.1) is 20.6 Å². The maximum Gasteiger partial charge on any atom is 0.264 e. The number of carbonyl (C=O) groups is 2. The van der Waals surface area contributed by atoms with Crippen LogP contribution in [0.15, 0.2) is 108 Å². The predicted molar refractivity (Wildman–Crippen MR) is 179 cm³/mol. The lowest BCUT2D eigenvalue weighted by molar-refractivity contribution is -0.140. The number of amides is 2. The van der Waals surface area contributed by atoms with Crippen LogP contribution in [0, 0.1) is 5.82 Å². The van der Waals surface area contributed by atoms with Gasteiger partial charge in [-0.1, -0.05) is 90.6 Å². The second-order valence-corrected chi connectivity index (χ2v) is 13.9. The molecule has 0 spiro atoms. The van der Waals surface area contributed by atoms with Crippen molar-refractivity contribution in [3.63, 3.8) is 0 Å². The van der Waals surface area contributed by atoms with Gasteiger partial charge in [-0.15, -0.1) is 0 Å². The quantitative estimate of drug-likeness (QED) is 0.174. The lowest BCUT2D eigenvalue weighted by atomic mass is 10.0. The van der Waals surface area contributed by atoms with Crippen LogP contribution in [0.5, 0.6) is 0 Å². The van der Waals surface area contributed by atoms with Crippen LogP contribution >= 0.6 is 23.2 Å². The monoisotopic (exact) mass is 681 g/mol. The van der Waals surface area contributed by atoms with Crippen LogP contribution in [0.2, 0.25) is 10.0 Å². The summed E-state index contributed by atoms with van der Waals surface area (Å²) in [5.74, 6) is -1.52. The summed E-state index contributed by atoms with van der Waals surface area (Å²) in [4.78, 5) is 29.8. The van der Waals surface area contributed by atoms with E-state index in [0.717, 1.165) is 59.8 Å². The second-order valence-electron chi connectivity index (χ2n) is 11.3. The third-order valence-corrected chi connectivity index (χ3v) is 10.6. The molecule has 1 aliphatic carbocycles. The fourth-order valence-electron chi connectivity index (χ4n) is 5.61. The first-order valence-corrected chi connectivity index (χ1v) is 17.2. The van der Waals surface area contributed by atoms with Crippen LogP contribution < -0.4 is 9.62 Å². The van der Waals surface area contributed by atoms with E-state index in [4.69, 9.17) is 23.2 Å². The molecule has 1 saturated carbocycles. The number of rotatable bonds is 12. The van der Waals surface area contributed by atoms with Crippen molar-refractivity contribution < 1.29 is 22.4 Å². The fourth-order valence-corrected chi connectivity index (χ4v) is 7.35. The Morgan fingerprint density at radius 3 is 2.09 bits per heavy atom. The van der Waals surface area contributed by atoms with Gasteiger partial charge in [-0.3, -0.25) is 13.9 Å². The maximum absolute atomic E-state index is 14.5. The van der Waals surface area contributed by atoms with Crippen molar-refractivity contribution in [3.8, 4) is 0 Å². The molecule has 4 aromatic carbocycles. The summed E-state index contributed by atoms with van der Waals surface area (Å²) in [6.07, 6.45) is 3.91. The summed E-state index contributed by atoms with van der Waals surface area (Å²) in [6, 6.07) is 26.0. The average Bonchev–Trinajstić information content (AvgIpc) is 3.57. The molecule has 5 rings (SSSR count). The molecule has 1 N–H and O–H groups in total. The van der Waals surface area contributed by atoms with E-state index in [1.165, 1.54) is 4.90 Å². The number of benzene rings is 4. The molecule has 2 amide bonds. The molecule has 7 nitrogen and oxygen atoms in total. The number of hydrogen-bond donors (Lipinski definition) is 1. The zero-order valence-corrected chi connectivity index (χ0v) is 27.3. The third-order valence-electron chi connectivity index (χ3n) is 8.03. The zero-order valence-electron chi connectivity index (χ0n) is 25.0. The molecular formula is C35H34Cl2FN3O4S. The molecule has 240 valence electrons. The number of halogens is 3. The van der Waals surface area contributed by atoms with Gasteiger partial charge in [-0.2, -0.15) is 0 Å². The fraction of sp³-hybridized carbons (Fsp3) is 0.257. The maximum atomic E-state index is 14.5. The first-order chi connectivity index (χ1) is 22.1. The van der Waals surface area contributed by atoms with E-state index in [1.807, 2.05) is 30.3 Å². The number of para-hydroxylation sites is 1. The van der Waals surface area contributed by atoms with Gasteiger partial charge in [0.2, 0.25) is 11.8 Å². The van der Waals surface area contributed by atoms with E-state index in [1.54, 1.807) is 48.5 Å². The number of nitrogens with zero attached hydrogens (tertiary/aromatic N) is 2. The van der Waals surface area contributed by atoms with E-state index in [9.17, 15) is 22.4 Å². The summed E-state index contributed by atoms with van der Waals surface area (Å²) in [5.41, 5.74) is 1.69. The van der Waals surface area contributed by atoms with Crippen molar-refractivity contribution in [1.82, 2.24) is 10.2 Å². The number of nitrogens with one attached hydrogen (secondary N) is 1. The van der Waals surface area contributed by atoms with Crippen molar-refractivity contribution >= 4 is 50.7 Å². The minimum absolute atomic E-state index is 0.00706. The molecule has 1 atom stereocenters. The molecule has 0 heterocycles. The lowest BCUT2D eigenvalue weighted by Gasteiger charge is -2.34. The lowest BCUT2D eigenvalue weighted by Crippen LogP contribution is -2.54. The van der Waals surface area contributed by atoms with Crippen molar-refractivity contribution in [2.45, 2.75) is 55.6 Å². The molecule has 0 aromatic heterocycles. The van der Waals surface area contributed by atoms with Crippen molar-refractivity contribution in [3.05, 3.63) is 130 Å². The normalized spacial score (nSPS) is 14.1. The van der Waals surface area contributed by atoms with Crippen LogP contribution in [-0.2, 0) is 32.6 Å². The Labute approximate surface area is 279 Å². The standard InChI is InChI=1S/C35H34Cl2FN3O4S/c36-31-20-15-26(21-32(31)37)23-40(33(22-25-9-3-1-4-10-25)35(43)39-28-11-7-8-12-28)34(42)24-41(29-13-5-2-6-14-29)46(44,45)30-18-16-27(38)17-19-30/h1-6,9-10,13-21,28,33H,7-8,11-12,22-24H2,(H,39,43)/t33-/m1/s1. The Kier molecular flexibility index (Phi) is 11.0. The van der Waals surface area contributed by atoms with Crippen LogP contribution in [0.4, 0.5) is 10.1 Å². The summed E-state index contributed by atoms with van der Waals surface area (Å²) in [7, 11) is -4.33. The molecule has 1 aliphatic rings. The minimum Gasteiger partial charge on any atom is -0.352 e. The molecule has 11 heteroatoms. The van der Waals surface area contributed by atoms with Gasteiger partial charge in [0, 0.05) is 19.0 Å². The zero-order chi connectivity index (χ0) is 32.7. The highest BCUT2D eigenvalue weighted by molar-refractivity contribution is 7.92. The van der Waals surface area contributed by atoms with Crippen molar-refractivity contribution in [2.24, 2.45) is 0 Å². The van der Waals surface area contributed by atoms with Crippen LogP contribution in [0.1, 0.15) is 36.8 Å². The van der Waals surface area contributed by atoms with E-state index < -0.39 is 34.3 Å². The van der Waals surface area contributed by atoms with Crippen molar-refractivity contribution in [1.29, 1.82) is 0 Å². The summed E-state index contributed by atoms with van der Waals surface area (Å²) < 4.78 is 42.7. The number of hydrogen-bond acceptors (Lipinski definition) is 4. The summed E-state index contributed by atoms with van der Waals surface area (Å²) in [5, 5.41) is 3.76. The molecule has 0 bridgehead atoms. The highest BCUT2D eigenvalue weighted by atomic mass is 35.5. The van der Waals surface area contributed by atoms with Gasteiger partial charge in [-0.25, -0.2) is 12.8 Å². The third kappa shape index (κ3) is 8.26. The molecule has 0 saturated heterocycles. The number of carbonyl (C=O) groups excluding carboxylic acids is 2. The topological polar surface area (TPSA) is 86.8 Å². The van der Waals surface area contributed by atoms with E-state index in [0.29, 0.717) is 10.6 Å². The van der Waals surface area contributed by atoms with Gasteiger partial charge < -0.3 is 10.2 Å². The molecule has 1 fully saturated rings. The van der Waals surface area contributed by atoms with Gasteiger partial charge >= 0.3 is 0 Å². The van der Waals surface area contributed by atoms with E-state index >= 15 is 0 Å². The highest BCUT2D eigenvalue weighted by Gasteiger charge is 2.35. The second kappa shape index (κ2) is 15.1. The Hall–Kier alpha value is -3.92. The Bertz CT molecular complexity index is 1750. The Balaban J connectivity index is 1.56. The highest BCUT2D eigenvalue weighted by Crippen LogP contribution is 2.27. The Morgan fingerprint density at radius 2 is 1.46 bits per heavy atom. The average molecular weight is 683 g/mol. The minimum atomic E-state index is -4.33. The van der Waals surface area contributed by atoms with E-state index in [2.05, 4.69) is 5.32 Å².